The quantitative estimate of drug-likeness (QED) is 0.662. The zero-order valence-electron chi connectivity index (χ0n) is 9.67. The van der Waals surface area contributed by atoms with Crippen LogP contribution in [0.4, 0.5) is 0 Å². The van der Waals surface area contributed by atoms with E-state index in [1.165, 1.54) is 19.3 Å². The van der Waals surface area contributed by atoms with Gasteiger partial charge in [-0.2, -0.15) is 0 Å². The van der Waals surface area contributed by atoms with Crippen molar-refractivity contribution >= 4 is 5.91 Å². The summed E-state index contributed by atoms with van der Waals surface area (Å²) in [6.07, 6.45) is 3.78. The second kappa shape index (κ2) is 6.80. The number of rotatable bonds is 6. The van der Waals surface area contributed by atoms with Gasteiger partial charge in [0.05, 0.1) is 6.54 Å². The molecule has 4 nitrogen and oxygen atoms in total. The number of nitrogens with two attached hydrogens (primary N) is 1. The fourth-order valence-electron chi connectivity index (χ4n) is 2.10. The highest BCUT2D eigenvalue weighted by atomic mass is 16.1. The average Bonchev–Trinajstić information content (AvgIpc) is 2.25. The molecule has 0 saturated carbocycles. The van der Waals surface area contributed by atoms with Gasteiger partial charge in [-0.15, -0.1) is 0 Å². The van der Waals surface area contributed by atoms with E-state index in [2.05, 4.69) is 17.1 Å². The van der Waals surface area contributed by atoms with E-state index in [0.29, 0.717) is 6.54 Å². The number of likely N-dealkylation sites (N-methyl/N-ethyl adjacent to an activating group) is 1. The molecule has 1 rings (SSSR count). The number of primary amides is 1. The largest absolute Gasteiger partial charge is 0.369 e. The van der Waals surface area contributed by atoms with Gasteiger partial charge in [-0.1, -0.05) is 6.92 Å². The molecule has 0 bridgehead atoms. The molecule has 0 spiro atoms. The predicted octanol–water partition coefficient (Wildman–Crippen LogP) is 0.183. The fraction of sp³-hybridized carbons (Fsp3) is 0.909. The van der Waals surface area contributed by atoms with E-state index in [-0.39, 0.29) is 5.91 Å². The van der Waals surface area contributed by atoms with Gasteiger partial charge in [0.1, 0.15) is 0 Å². The van der Waals surface area contributed by atoms with Crippen molar-refractivity contribution in [3.63, 3.8) is 0 Å². The monoisotopic (exact) mass is 213 g/mol. The first kappa shape index (κ1) is 12.5. The number of piperidine rings is 1. The molecule has 0 aromatic rings. The Bertz CT molecular complexity index is 190. The van der Waals surface area contributed by atoms with Crippen LogP contribution in [0.3, 0.4) is 0 Å². The maximum atomic E-state index is 10.8. The van der Waals surface area contributed by atoms with E-state index in [4.69, 9.17) is 5.73 Å². The van der Waals surface area contributed by atoms with Crippen LogP contribution >= 0.6 is 0 Å². The third kappa shape index (κ3) is 5.14. The van der Waals surface area contributed by atoms with Crippen LogP contribution in [0.25, 0.3) is 0 Å². The van der Waals surface area contributed by atoms with Gasteiger partial charge in [0.2, 0.25) is 5.91 Å². The molecule has 1 unspecified atom stereocenters. The number of carbonyl (C=O) groups excluding carboxylic acids is 1. The number of hydrogen-bond donors (Lipinski definition) is 2. The van der Waals surface area contributed by atoms with E-state index in [1.807, 2.05) is 0 Å². The zero-order chi connectivity index (χ0) is 11.1. The molecule has 3 N–H and O–H groups in total. The predicted molar refractivity (Wildman–Crippen MR) is 61.5 cm³/mol. The number of nitrogens with one attached hydrogen (secondary N) is 1. The zero-order valence-corrected chi connectivity index (χ0v) is 9.67. The highest BCUT2D eigenvalue weighted by Gasteiger charge is 2.14. The molecule has 1 aliphatic heterocycles. The van der Waals surface area contributed by atoms with Gasteiger partial charge in [0.25, 0.3) is 0 Å². The van der Waals surface area contributed by atoms with E-state index in [0.717, 1.165) is 32.1 Å². The lowest BCUT2D eigenvalue weighted by Gasteiger charge is -2.26. The molecular weight excluding hydrogens is 190 g/mol. The maximum absolute atomic E-state index is 10.8. The second-order valence-electron chi connectivity index (χ2n) is 4.34. The third-order valence-electron chi connectivity index (χ3n) is 3.08. The smallest absolute Gasteiger partial charge is 0.231 e. The highest BCUT2D eigenvalue weighted by molar-refractivity contribution is 5.75. The molecule has 1 fully saturated rings. The summed E-state index contributed by atoms with van der Waals surface area (Å²) in [4.78, 5) is 12.9. The van der Waals surface area contributed by atoms with Gasteiger partial charge in [0.15, 0.2) is 0 Å². The average molecular weight is 213 g/mol. The summed E-state index contributed by atoms with van der Waals surface area (Å²) < 4.78 is 0. The molecule has 1 atom stereocenters. The van der Waals surface area contributed by atoms with E-state index < -0.39 is 0 Å². The lowest BCUT2D eigenvalue weighted by molar-refractivity contribution is -0.119. The lowest BCUT2D eigenvalue weighted by Crippen LogP contribution is -2.37. The maximum Gasteiger partial charge on any atom is 0.231 e. The van der Waals surface area contributed by atoms with E-state index in [1.54, 1.807) is 0 Å². The molecule has 88 valence electrons. The van der Waals surface area contributed by atoms with Crippen molar-refractivity contribution in [1.82, 2.24) is 10.2 Å². The number of nitrogens with zero attached hydrogens (tertiary/aromatic N) is 1. The Labute approximate surface area is 92.2 Å². The van der Waals surface area contributed by atoms with Crippen molar-refractivity contribution in [2.75, 3.05) is 32.7 Å². The van der Waals surface area contributed by atoms with Gasteiger partial charge in [0, 0.05) is 0 Å². The molecule has 0 radical (unpaired) electrons. The Hall–Kier alpha value is -0.610. The summed E-state index contributed by atoms with van der Waals surface area (Å²) in [5.41, 5.74) is 5.18. The van der Waals surface area contributed by atoms with Crippen molar-refractivity contribution < 1.29 is 4.79 Å². The van der Waals surface area contributed by atoms with Crippen LogP contribution in [0.2, 0.25) is 0 Å². The van der Waals surface area contributed by atoms with Crippen LogP contribution in [0.15, 0.2) is 0 Å². The number of hydrogen-bond acceptors (Lipinski definition) is 3. The summed E-state index contributed by atoms with van der Waals surface area (Å²) in [6.45, 7) is 6.66. The van der Waals surface area contributed by atoms with Crippen LogP contribution in [0.5, 0.6) is 0 Å². The molecule has 1 aliphatic rings. The fourth-order valence-corrected chi connectivity index (χ4v) is 2.10. The Morgan fingerprint density at radius 2 is 2.40 bits per heavy atom. The minimum absolute atomic E-state index is 0.224. The van der Waals surface area contributed by atoms with Gasteiger partial charge < -0.3 is 11.1 Å². The van der Waals surface area contributed by atoms with Gasteiger partial charge in [-0.05, 0) is 51.4 Å². The minimum Gasteiger partial charge on any atom is -0.369 e. The minimum atomic E-state index is -0.224. The van der Waals surface area contributed by atoms with E-state index >= 15 is 0 Å². The standard InChI is InChI=1S/C11H23N3O/c1-2-14(9-11(12)15)7-5-10-4-3-6-13-8-10/h10,13H,2-9H2,1H3,(H2,12,15). The molecule has 1 amide bonds. The Kier molecular flexibility index (Phi) is 5.65. The van der Waals surface area contributed by atoms with Crippen molar-refractivity contribution in [3.8, 4) is 0 Å². The Balaban J connectivity index is 2.17. The summed E-state index contributed by atoms with van der Waals surface area (Å²) in [5.74, 6) is 0.555. The van der Waals surface area contributed by atoms with Crippen LogP contribution < -0.4 is 11.1 Å². The first-order valence-electron chi connectivity index (χ1n) is 5.93. The Morgan fingerprint density at radius 1 is 1.60 bits per heavy atom. The number of carbonyl (C=O) groups is 1. The summed E-state index contributed by atoms with van der Waals surface area (Å²) in [6, 6.07) is 0. The first-order valence-corrected chi connectivity index (χ1v) is 5.93. The molecule has 0 aliphatic carbocycles. The normalized spacial score (nSPS) is 21.9. The van der Waals surface area contributed by atoms with Crippen LogP contribution in [-0.4, -0.2) is 43.5 Å². The first-order chi connectivity index (χ1) is 7.22. The van der Waals surface area contributed by atoms with Crippen LogP contribution in [0.1, 0.15) is 26.2 Å². The summed E-state index contributed by atoms with van der Waals surface area (Å²) >= 11 is 0. The molecule has 0 aromatic heterocycles. The molecular formula is C11H23N3O. The SMILES string of the molecule is CCN(CCC1CCCNC1)CC(N)=O. The van der Waals surface area contributed by atoms with Crippen LogP contribution in [0, 0.1) is 5.92 Å². The second-order valence-corrected chi connectivity index (χ2v) is 4.34. The van der Waals surface area contributed by atoms with Crippen molar-refractivity contribution in [2.45, 2.75) is 26.2 Å². The molecule has 1 heterocycles. The number of amides is 1. The third-order valence-corrected chi connectivity index (χ3v) is 3.08. The molecule has 1 saturated heterocycles. The molecule has 15 heavy (non-hydrogen) atoms. The molecule has 4 heteroatoms. The Morgan fingerprint density at radius 3 is 2.93 bits per heavy atom. The summed E-state index contributed by atoms with van der Waals surface area (Å²) in [5, 5.41) is 3.41. The lowest BCUT2D eigenvalue weighted by atomic mass is 9.96. The van der Waals surface area contributed by atoms with Crippen molar-refractivity contribution in [1.29, 1.82) is 0 Å². The van der Waals surface area contributed by atoms with Crippen molar-refractivity contribution in [3.05, 3.63) is 0 Å². The van der Waals surface area contributed by atoms with Crippen LogP contribution in [-0.2, 0) is 4.79 Å². The van der Waals surface area contributed by atoms with Gasteiger partial charge in [-0.3, -0.25) is 9.69 Å². The van der Waals surface area contributed by atoms with Crippen molar-refractivity contribution in [2.24, 2.45) is 11.7 Å². The van der Waals surface area contributed by atoms with Gasteiger partial charge in [-0.25, -0.2) is 0 Å². The van der Waals surface area contributed by atoms with E-state index in [9.17, 15) is 4.79 Å². The highest BCUT2D eigenvalue weighted by Crippen LogP contribution is 2.14. The topological polar surface area (TPSA) is 58.4 Å². The molecule has 0 aromatic carbocycles. The van der Waals surface area contributed by atoms with Gasteiger partial charge >= 0.3 is 0 Å². The summed E-state index contributed by atoms with van der Waals surface area (Å²) in [7, 11) is 0.